The Morgan fingerprint density at radius 3 is 2.61 bits per heavy atom. The van der Waals surface area contributed by atoms with Crippen LogP contribution in [-0.4, -0.2) is 71.4 Å². The lowest BCUT2D eigenvalue weighted by molar-refractivity contribution is -0.847. The molecule has 1 spiro atoms. The second kappa shape index (κ2) is 9.73. The van der Waals surface area contributed by atoms with Crippen LogP contribution in [0, 0.1) is 11.8 Å². The predicted octanol–water partition coefficient (Wildman–Crippen LogP) is 4.91. The number of H-pyrrole nitrogens is 1. The zero-order valence-electron chi connectivity index (χ0n) is 23.1. The van der Waals surface area contributed by atoms with Crippen molar-refractivity contribution in [2.75, 3.05) is 46.4 Å². The summed E-state index contributed by atoms with van der Waals surface area (Å²) in [6, 6.07) is 15.8. The van der Waals surface area contributed by atoms with E-state index in [1.54, 1.807) is 6.07 Å². The third kappa shape index (κ3) is 4.62. The molecule has 6 heteroatoms. The summed E-state index contributed by atoms with van der Waals surface area (Å²) in [6.45, 7) is 11.5. The molecule has 4 aliphatic rings. The molecule has 5 heterocycles. The van der Waals surface area contributed by atoms with E-state index in [2.05, 4.69) is 55.0 Å². The van der Waals surface area contributed by atoms with Crippen LogP contribution in [0.1, 0.15) is 50.2 Å². The molecule has 3 aromatic rings. The van der Waals surface area contributed by atoms with Gasteiger partial charge in [0.25, 0.3) is 0 Å². The number of phenolic OH excluding ortho intramolecular Hbond substituents is 1. The number of aromatic nitrogens is 1. The van der Waals surface area contributed by atoms with Gasteiger partial charge in [-0.2, -0.15) is 0 Å². The van der Waals surface area contributed by atoms with Crippen molar-refractivity contribution in [3.05, 3.63) is 70.0 Å². The highest BCUT2D eigenvalue weighted by Crippen LogP contribution is 2.56. The first-order chi connectivity index (χ1) is 18.3. The fraction of sp³-hybridized carbons (Fsp3) is 0.531. The molecule has 0 saturated carbocycles. The Hall–Kier alpha value is -2.83. The van der Waals surface area contributed by atoms with Crippen molar-refractivity contribution in [1.29, 1.82) is 0 Å². The minimum atomic E-state index is -0.198. The van der Waals surface area contributed by atoms with E-state index in [4.69, 9.17) is 4.74 Å². The molecular formula is C32H42N3O3+. The summed E-state index contributed by atoms with van der Waals surface area (Å²) >= 11 is 0. The van der Waals surface area contributed by atoms with Crippen LogP contribution in [-0.2, 0) is 6.42 Å². The highest BCUT2D eigenvalue weighted by atomic mass is 16.5. The first-order valence-electron chi connectivity index (χ1n) is 14.4. The average molecular weight is 517 g/mol. The molecule has 3 atom stereocenters. The molecule has 202 valence electrons. The van der Waals surface area contributed by atoms with Crippen molar-refractivity contribution in [2.45, 2.75) is 51.0 Å². The Morgan fingerprint density at radius 1 is 1.11 bits per heavy atom. The van der Waals surface area contributed by atoms with Gasteiger partial charge in [0.15, 0.2) is 5.54 Å². The molecule has 0 aliphatic carbocycles. The summed E-state index contributed by atoms with van der Waals surface area (Å²) in [4.78, 5) is 16.8. The highest BCUT2D eigenvalue weighted by molar-refractivity contribution is 5.87. The Kier molecular flexibility index (Phi) is 6.51. The Labute approximate surface area is 225 Å². The molecular weight excluding hydrogens is 474 g/mol. The molecule has 0 amide bonds. The van der Waals surface area contributed by atoms with E-state index in [1.807, 2.05) is 12.1 Å². The number of likely N-dealkylation sites (N-methyl/N-ethyl adjacent to an activating group) is 1. The van der Waals surface area contributed by atoms with Gasteiger partial charge in [0.05, 0.1) is 18.6 Å². The van der Waals surface area contributed by atoms with Crippen LogP contribution in [0.25, 0.3) is 10.9 Å². The number of fused-ring (bicyclic) bond motifs is 3. The normalized spacial score (nSPS) is 27.3. The van der Waals surface area contributed by atoms with Crippen LogP contribution in [0.15, 0.2) is 53.3 Å². The number of quaternary nitrogens is 1. The Balaban J connectivity index is 1.01. The quantitative estimate of drug-likeness (QED) is 0.297. The molecule has 4 saturated heterocycles. The Morgan fingerprint density at radius 2 is 1.87 bits per heavy atom. The number of nitrogens with one attached hydrogen (secondary N) is 1. The first-order valence-corrected chi connectivity index (χ1v) is 14.4. The van der Waals surface area contributed by atoms with Crippen molar-refractivity contribution in [3.8, 4) is 11.5 Å². The van der Waals surface area contributed by atoms with E-state index in [1.165, 1.54) is 55.0 Å². The summed E-state index contributed by atoms with van der Waals surface area (Å²) < 4.78 is 7.70. The summed E-state index contributed by atoms with van der Waals surface area (Å²) in [6.07, 6.45) is 5.08. The molecule has 7 rings (SSSR count). The number of ether oxygens (including phenoxy) is 1. The molecule has 2 N–H and O–H groups in total. The van der Waals surface area contributed by atoms with Crippen molar-refractivity contribution in [3.63, 3.8) is 0 Å². The van der Waals surface area contributed by atoms with E-state index in [9.17, 15) is 9.90 Å². The summed E-state index contributed by atoms with van der Waals surface area (Å²) in [5.74, 6) is 3.01. The second-order valence-electron chi connectivity index (χ2n) is 12.6. The number of piperidine rings is 3. The zero-order chi connectivity index (χ0) is 26.5. The van der Waals surface area contributed by atoms with Crippen LogP contribution in [0.2, 0.25) is 0 Å². The number of pyridine rings is 1. The molecule has 4 fully saturated rings. The number of benzene rings is 2. The van der Waals surface area contributed by atoms with E-state index in [0.717, 1.165) is 48.7 Å². The molecule has 2 unspecified atom stereocenters. The number of rotatable bonds is 10. The topological polar surface area (TPSA) is 65.6 Å². The minimum Gasteiger partial charge on any atom is -0.506 e. The molecule has 1 aromatic heterocycles. The third-order valence-corrected chi connectivity index (χ3v) is 10.2. The molecule has 2 aromatic carbocycles. The SMILES string of the molecule is CC(CN(C)CCc1ccc(O)c2[nH]c(=O)ccc12)[C@H](C)c1ccc(OCC23CC4CC[N+]2(CC4)C3)cc1. The largest absolute Gasteiger partial charge is 0.506 e. The molecule has 0 radical (unpaired) electrons. The summed E-state index contributed by atoms with van der Waals surface area (Å²) in [5, 5.41) is 11.0. The number of nitrogens with zero attached hydrogens (tertiary/aromatic N) is 2. The number of aromatic amines is 1. The predicted molar refractivity (Wildman–Crippen MR) is 152 cm³/mol. The van der Waals surface area contributed by atoms with Gasteiger partial charge >= 0.3 is 0 Å². The van der Waals surface area contributed by atoms with Gasteiger partial charge in [0.2, 0.25) is 5.56 Å². The van der Waals surface area contributed by atoms with Crippen molar-refractivity contribution < 1.29 is 14.3 Å². The van der Waals surface area contributed by atoms with E-state index in [-0.39, 0.29) is 11.3 Å². The second-order valence-corrected chi connectivity index (χ2v) is 12.6. The standard InChI is InChI=1S/C32H41N3O3/c1-22(19-34(3)15-12-26-6-10-29(36)31-28(26)9-11-30(37)33-31)23(2)25-4-7-27(8-5-25)38-21-32-18-24-13-16-35(32,20-32)17-14-24/h4-11,22-24H,12-21H2,1-3H3,(H-,33,36,37)/p+1/t22?,23-,24?,32?,35?/m0/s1. The fourth-order valence-electron chi connectivity index (χ4n) is 7.50. The summed E-state index contributed by atoms with van der Waals surface area (Å²) in [7, 11) is 2.17. The van der Waals surface area contributed by atoms with Crippen LogP contribution < -0.4 is 10.3 Å². The minimum absolute atomic E-state index is 0.116. The highest BCUT2D eigenvalue weighted by Gasteiger charge is 2.74. The van der Waals surface area contributed by atoms with Crippen LogP contribution >= 0.6 is 0 Å². The number of phenols is 1. The van der Waals surface area contributed by atoms with Gasteiger partial charge in [-0.25, -0.2) is 0 Å². The van der Waals surface area contributed by atoms with Gasteiger partial charge in [-0.1, -0.05) is 32.0 Å². The van der Waals surface area contributed by atoms with Gasteiger partial charge < -0.3 is 24.2 Å². The van der Waals surface area contributed by atoms with Crippen molar-refractivity contribution in [1.82, 2.24) is 9.88 Å². The molecule has 6 nitrogen and oxygen atoms in total. The van der Waals surface area contributed by atoms with Gasteiger partial charge in [0.1, 0.15) is 24.7 Å². The van der Waals surface area contributed by atoms with Crippen LogP contribution in [0.4, 0.5) is 0 Å². The van der Waals surface area contributed by atoms with Gasteiger partial charge in [-0.05, 0) is 79.5 Å². The molecule has 4 aliphatic heterocycles. The van der Waals surface area contributed by atoms with E-state index < -0.39 is 0 Å². The smallest absolute Gasteiger partial charge is 0.248 e. The van der Waals surface area contributed by atoms with E-state index in [0.29, 0.717) is 22.9 Å². The zero-order valence-corrected chi connectivity index (χ0v) is 23.1. The number of hydrogen-bond donors (Lipinski definition) is 2. The fourth-order valence-corrected chi connectivity index (χ4v) is 7.50. The summed E-state index contributed by atoms with van der Waals surface area (Å²) in [5.41, 5.74) is 3.24. The molecule has 2 bridgehead atoms. The first kappa shape index (κ1) is 25.4. The number of aromatic hydroxyl groups is 1. The average Bonchev–Trinajstić information content (AvgIpc) is 3.61. The van der Waals surface area contributed by atoms with Crippen LogP contribution in [0.3, 0.4) is 0 Å². The maximum absolute atomic E-state index is 11.7. The van der Waals surface area contributed by atoms with Gasteiger partial charge in [-0.3, -0.25) is 4.79 Å². The lowest BCUT2D eigenvalue weighted by atomic mass is 9.82. The maximum atomic E-state index is 11.7. The monoisotopic (exact) mass is 516 g/mol. The van der Waals surface area contributed by atoms with Crippen molar-refractivity contribution >= 4 is 10.9 Å². The van der Waals surface area contributed by atoms with Gasteiger partial charge in [-0.15, -0.1) is 0 Å². The third-order valence-electron chi connectivity index (χ3n) is 10.2. The van der Waals surface area contributed by atoms with Crippen molar-refractivity contribution in [2.24, 2.45) is 11.8 Å². The van der Waals surface area contributed by atoms with E-state index >= 15 is 0 Å². The molecule has 38 heavy (non-hydrogen) atoms. The van der Waals surface area contributed by atoms with Gasteiger partial charge in [0, 0.05) is 31.0 Å². The lowest BCUT2D eigenvalue weighted by Gasteiger charge is -2.40. The Bertz CT molecular complexity index is 1360. The number of hydrogen-bond acceptors (Lipinski definition) is 4. The lowest BCUT2D eigenvalue weighted by Crippen LogP contribution is -2.51. The maximum Gasteiger partial charge on any atom is 0.248 e. The van der Waals surface area contributed by atoms with Crippen LogP contribution in [0.5, 0.6) is 11.5 Å².